The van der Waals surface area contributed by atoms with E-state index >= 15 is 0 Å². The molecule has 3 nitrogen and oxygen atoms in total. The average molecular weight is 334 g/mol. The minimum absolute atomic E-state index is 0.0428. The second-order valence-electron chi connectivity index (χ2n) is 5.35. The summed E-state index contributed by atoms with van der Waals surface area (Å²) in [6.45, 7) is 5.10. The Morgan fingerprint density at radius 2 is 1.95 bits per heavy atom. The first kappa shape index (κ1) is 18.2. The maximum atomic E-state index is 12.7. The summed E-state index contributed by atoms with van der Waals surface area (Å²) in [4.78, 5) is 11.3. The van der Waals surface area contributed by atoms with Gasteiger partial charge >= 0.3 is 12.3 Å². The van der Waals surface area contributed by atoms with Crippen LogP contribution in [0.5, 0.6) is 0 Å². The van der Waals surface area contributed by atoms with Crippen molar-refractivity contribution in [1.29, 1.82) is 0 Å². The molecule has 1 aromatic rings. The Morgan fingerprint density at radius 3 is 2.50 bits per heavy atom. The number of nitrogens with one attached hydrogen (secondary N) is 1. The zero-order valence-corrected chi connectivity index (χ0v) is 13.0. The van der Waals surface area contributed by atoms with Crippen molar-refractivity contribution in [3.63, 3.8) is 0 Å². The molecule has 1 rings (SSSR count). The molecule has 22 heavy (non-hydrogen) atoms. The molecule has 0 aromatic heterocycles. The van der Waals surface area contributed by atoms with Crippen LogP contribution in [-0.4, -0.2) is 18.2 Å². The fraction of sp³-hybridized carbons (Fsp3) is 0.400. The molecule has 0 bridgehead atoms. The highest BCUT2D eigenvalue weighted by Gasteiger charge is 2.33. The maximum Gasteiger partial charge on any atom is 0.417 e. The van der Waals surface area contributed by atoms with E-state index in [0.29, 0.717) is 0 Å². The number of hydrogen-bond acceptors (Lipinski definition) is 2. The van der Waals surface area contributed by atoms with Gasteiger partial charge in [-0.15, -0.1) is 0 Å². The summed E-state index contributed by atoms with van der Waals surface area (Å²) in [6.07, 6.45) is -5.18. The van der Waals surface area contributed by atoms with E-state index in [1.54, 1.807) is 20.8 Å². The van der Waals surface area contributed by atoms with E-state index in [1.165, 1.54) is 6.07 Å². The molecule has 0 heterocycles. The lowest BCUT2D eigenvalue weighted by Crippen LogP contribution is -2.32. The molecular weight excluding hydrogens is 319 g/mol. The number of amides is 1. The van der Waals surface area contributed by atoms with E-state index in [9.17, 15) is 18.0 Å². The topological polar surface area (TPSA) is 38.3 Å². The molecule has 0 spiro atoms. The van der Waals surface area contributed by atoms with E-state index < -0.39 is 23.4 Å². The van der Waals surface area contributed by atoms with Gasteiger partial charge in [0, 0.05) is 5.56 Å². The van der Waals surface area contributed by atoms with Gasteiger partial charge in [-0.05, 0) is 39.0 Å². The highest BCUT2D eigenvalue weighted by molar-refractivity contribution is 6.31. The van der Waals surface area contributed by atoms with Gasteiger partial charge in [0.1, 0.15) is 5.60 Å². The van der Waals surface area contributed by atoms with Crippen LogP contribution in [0.4, 0.5) is 18.0 Å². The zero-order valence-electron chi connectivity index (χ0n) is 12.3. The van der Waals surface area contributed by atoms with Crippen LogP contribution in [0.15, 0.2) is 18.2 Å². The van der Waals surface area contributed by atoms with E-state index in [0.717, 1.165) is 12.1 Å². The van der Waals surface area contributed by atoms with Crippen LogP contribution >= 0.6 is 11.6 Å². The van der Waals surface area contributed by atoms with E-state index in [2.05, 4.69) is 17.2 Å². The van der Waals surface area contributed by atoms with Crippen LogP contribution < -0.4 is 5.32 Å². The summed E-state index contributed by atoms with van der Waals surface area (Å²) in [5.74, 6) is 5.07. The first-order valence-corrected chi connectivity index (χ1v) is 6.69. The fourth-order valence-corrected chi connectivity index (χ4v) is 1.62. The molecule has 0 radical (unpaired) electrons. The van der Waals surface area contributed by atoms with Gasteiger partial charge < -0.3 is 10.1 Å². The number of carbonyl (C=O) groups excluding carboxylic acids is 1. The van der Waals surface area contributed by atoms with Crippen LogP contribution in [0.3, 0.4) is 0 Å². The van der Waals surface area contributed by atoms with Gasteiger partial charge in [0.05, 0.1) is 17.1 Å². The molecule has 0 fully saturated rings. The molecule has 0 saturated carbocycles. The molecule has 0 atom stereocenters. The Kier molecular flexibility index (Phi) is 5.72. The molecule has 0 aliphatic rings. The van der Waals surface area contributed by atoms with Gasteiger partial charge in [0.15, 0.2) is 0 Å². The molecule has 0 saturated heterocycles. The molecule has 7 heteroatoms. The van der Waals surface area contributed by atoms with Crippen LogP contribution in [0.1, 0.15) is 31.9 Å². The van der Waals surface area contributed by atoms with Crippen LogP contribution in [0.25, 0.3) is 0 Å². The highest BCUT2D eigenvalue weighted by atomic mass is 35.5. The van der Waals surface area contributed by atoms with Gasteiger partial charge in [-0.1, -0.05) is 23.4 Å². The van der Waals surface area contributed by atoms with Crippen molar-refractivity contribution in [3.8, 4) is 11.8 Å². The number of rotatable bonds is 1. The van der Waals surface area contributed by atoms with Crippen LogP contribution in [0.2, 0.25) is 5.02 Å². The minimum Gasteiger partial charge on any atom is -0.444 e. The normalized spacial score (nSPS) is 11.4. The first-order valence-electron chi connectivity index (χ1n) is 6.31. The summed E-state index contributed by atoms with van der Waals surface area (Å²) in [5.41, 5.74) is -1.42. The van der Waals surface area contributed by atoms with Gasteiger partial charge in [0.25, 0.3) is 0 Å². The second kappa shape index (κ2) is 6.93. The average Bonchev–Trinajstić information content (AvgIpc) is 2.33. The molecular formula is C15H15ClF3NO2. The third kappa shape index (κ3) is 6.27. The number of alkyl carbamates (subject to hydrolysis) is 1. The lowest BCUT2D eigenvalue weighted by atomic mass is 10.1. The van der Waals surface area contributed by atoms with E-state index in [-0.39, 0.29) is 17.1 Å². The predicted octanol–water partition coefficient (Wildman–Crippen LogP) is 4.24. The van der Waals surface area contributed by atoms with Crippen LogP contribution in [-0.2, 0) is 10.9 Å². The minimum atomic E-state index is -4.54. The largest absolute Gasteiger partial charge is 0.444 e. The summed E-state index contributed by atoms with van der Waals surface area (Å²) in [7, 11) is 0. The standard InChI is InChI=1S/C15H15ClF3NO2/c1-14(2,3)22-13(21)20-8-4-5-10-6-7-12(16)11(9-10)15(17,18)19/h6-7,9H,8H2,1-3H3,(H,20,21). The maximum absolute atomic E-state index is 12.7. The summed E-state index contributed by atoms with van der Waals surface area (Å²) >= 11 is 5.50. The molecule has 0 aliphatic carbocycles. The van der Waals surface area contributed by atoms with Crippen molar-refractivity contribution in [1.82, 2.24) is 5.32 Å². The summed E-state index contributed by atoms with van der Waals surface area (Å²) in [5, 5.41) is 2.00. The predicted molar refractivity (Wildman–Crippen MR) is 77.6 cm³/mol. The molecule has 0 aliphatic heterocycles. The second-order valence-corrected chi connectivity index (χ2v) is 5.76. The Bertz CT molecular complexity index is 610. The lowest BCUT2D eigenvalue weighted by molar-refractivity contribution is -0.137. The first-order chi connectivity index (χ1) is 9.99. The fourth-order valence-electron chi connectivity index (χ4n) is 1.40. The van der Waals surface area contributed by atoms with Crippen molar-refractivity contribution in [2.45, 2.75) is 32.5 Å². The van der Waals surface area contributed by atoms with Crippen molar-refractivity contribution in [3.05, 3.63) is 34.3 Å². The van der Waals surface area contributed by atoms with Gasteiger partial charge in [-0.2, -0.15) is 13.2 Å². The smallest absolute Gasteiger partial charge is 0.417 e. The van der Waals surface area contributed by atoms with Crippen molar-refractivity contribution in [2.24, 2.45) is 0 Å². The Labute approximate surface area is 131 Å². The quantitative estimate of drug-likeness (QED) is 0.781. The highest BCUT2D eigenvalue weighted by Crippen LogP contribution is 2.34. The van der Waals surface area contributed by atoms with Gasteiger partial charge in [-0.25, -0.2) is 4.79 Å². The zero-order chi connectivity index (χ0) is 17.0. The third-order valence-corrected chi connectivity index (χ3v) is 2.55. The molecule has 1 amide bonds. The van der Waals surface area contributed by atoms with Gasteiger partial charge in [-0.3, -0.25) is 0 Å². The summed E-state index contributed by atoms with van der Waals surface area (Å²) < 4.78 is 43.0. The number of carbonyl (C=O) groups is 1. The third-order valence-electron chi connectivity index (χ3n) is 2.22. The van der Waals surface area contributed by atoms with Crippen molar-refractivity contribution < 1.29 is 22.7 Å². The molecule has 1 N–H and O–H groups in total. The molecule has 0 unspecified atom stereocenters. The van der Waals surface area contributed by atoms with E-state index in [4.69, 9.17) is 16.3 Å². The number of alkyl halides is 3. The van der Waals surface area contributed by atoms with Gasteiger partial charge in [0.2, 0.25) is 0 Å². The number of halogens is 4. The SMILES string of the molecule is CC(C)(C)OC(=O)NCC#Cc1ccc(Cl)c(C(F)(F)F)c1. The Morgan fingerprint density at radius 1 is 1.32 bits per heavy atom. The monoisotopic (exact) mass is 333 g/mol. The summed E-state index contributed by atoms with van der Waals surface area (Å²) in [6, 6.07) is 3.37. The van der Waals surface area contributed by atoms with Crippen molar-refractivity contribution in [2.75, 3.05) is 6.54 Å². The number of ether oxygens (including phenoxy) is 1. The van der Waals surface area contributed by atoms with E-state index in [1.807, 2.05) is 0 Å². The molecule has 1 aromatic carbocycles. The number of benzene rings is 1. The van der Waals surface area contributed by atoms with Crippen LogP contribution in [0, 0.1) is 11.8 Å². The Hall–Kier alpha value is -1.87. The number of hydrogen-bond donors (Lipinski definition) is 1. The Balaban J connectivity index is 2.68. The molecule has 120 valence electrons. The lowest BCUT2D eigenvalue weighted by Gasteiger charge is -2.19. The van der Waals surface area contributed by atoms with Crippen molar-refractivity contribution >= 4 is 17.7 Å².